The molecule has 0 bridgehead atoms. The maximum Gasteiger partial charge on any atom is 0.228 e. The van der Waals surface area contributed by atoms with Crippen molar-refractivity contribution in [2.45, 2.75) is 19.8 Å². The van der Waals surface area contributed by atoms with Gasteiger partial charge in [-0.25, -0.2) is 4.39 Å². The number of hydrogen-bond acceptors (Lipinski definition) is 3. The Morgan fingerprint density at radius 1 is 1.04 bits per heavy atom. The molecule has 0 atom stereocenters. The van der Waals surface area contributed by atoms with Crippen LogP contribution in [-0.2, 0) is 16.0 Å². The van der Waals surface area contributed by atoms with Gasteiger partial charge in [0.25, 0.3) is 0 Å². The van der Waals surface area contributed by atoms with Crippen LogP contribution in [-0.4, -0.2) is 18.4 Å². The second-order valence-electron chi connectivity index (χ2n) is 5.47. The summed E-state index contributed by atoms with van der Waals surface area (Å²) in [5.41, 5.74) is 8.15. The first kappa shape index (κ1) is 17.6. The van der Waals surface area contributed by atoms with Crippen molar-refractivity contribution in [2.75, 3.05) is 17.2 Å². The van der Waals surface area contributed by atoms with E-state index in [1.807, 2.05) is 13.0 Å². The quantitative estimate of drug-likeness (QED) is 0.761. The summed E-state index contributed by atoms with van der Waals surface area (Å²) in [7, 11) is 0. The fourth-order valence-electron chi connectivity index (χ4n) is 2.17. The summed E-state index contributed by atoms with van der Waals surface area (Å²) in [6, 6.07) is 11.1. The Balaban J connectivity index is 2.03. The predicted octanol–water partition coefficient (Wildman–Crippen LogP) is 2.60. The molecule has 2 amide bonds. The molecule has 6 heteroatoms. The van der Waals surface area contributed by atoms with Gasteiger partial charge >= 0.3 is 0 Å². The van der Waals surface area contributed by atoms with Crippen LogP contribution in [0.2, 0.25) is 0 Å². The average Bonchev–Trinajstić information content (AvgIpc) is 2.53. The van der Waals surface area contributed by atoms with Gasteiger partial charge in [0.2, 0.25) is 11.8 Å². The molecule has 0 saturated heterocycles. The van der Waals surface area contributed by atoms with Gasteiger partial charge in [-0.3, -0.25) is 9.59 Å². The highest BCUT2D eigenvalue weighted by molar-refractivity contribution is 5.95. The third kappa shape index (κ3) is 5.17. The molecule has 2 aromatic rings. The number of anilines is 2. The highest BCUT2D eigenvalue weighted by Gasteiger charge is 2.08. The monoisotopic (exact) mass is 329 g/mol. The fraction of sp³-hybridized carbons (Fsp3) is 0.222. The number of carbonyl (C=O) groups excluding carboxylic acids is 2. The molecule has 0 spiro atoms. The van der Waals surface area contributed by atoms with Crippen LogP contribution in [0.1, 0.15) is 17.5 Å². The highest BCUT2D eigenvalue weighted by Crippen LogP contribution is 2.21. The standard InChI is InChI=1S/C18H20FN3O2/c1-12-2-7-15(21-17(23)8-9-20)11-16(12)22-18(24)10-13-3-5-14(19)6-4-13/h2-7,11H,8-10,20H2,1H3,(H,21,23)(H,22,24). The van der Waals surface area contributed by atoms with Crippen LogP contribution in [0, 0.1) is 12.7 Å². The van der Waals surface area contributed by atoms with E-state index in [0.29, 0.717) is 11.4 Å². The zero-order valence-electron chi connectivity index (χ0n) is 13.4. The van der Waals surface area contributed by atoms with E-state index in [2.05, 4.69) is 10.6 Å². The van der Waals surface area contributed by atoms with Gasteiger partial charge < -0.3 is 16.4 Å². The van der Waals surface area contributed by atoms with Crippen molar-refractivity contribution < 1.29 is 14.0 Å². The minimum absolute atomic E-state index is 0.142. The van der Waals surface area contributed by atoms with Crippen molar-refractivity contribution in [3.63, 3.8) is 0 Å². The molecule has 0 unspecified atom stereocenters. The molecule has 0 radical (unpaired) electrons. The normalized spacial score (nSPS) is 10.3. The lowest BCUT2D eigenvalue weighted by Gasteiger charge is -2.11. The van der Waals surface area contributed by atoms with Gasteiger partial charge in [-0.15, -0.1) is 0 Å². The van der Waals surface area contributed by atoms with Gasteiger partial charge in [0, 0.05) is 24.3 Å². The minimum atomic E-state index is -0.337. The molecule has 4 N–H and O–H groups in total. The number of benzene rings is 2. The van der Waals surface area contributed by atoms with Gasteiger partial charge in [-0.05, 0) is 42.3 Å². The Morgan fingerprint density at radius 3 is 2.42 bits per heavy atom. The molecule has 5 nitrogen and oxygen atoms in total. The van der Waals surface area contributed by atoms with E-state index in [0.717, 1.165) is 11.1 Å². The molecule has 0 aliphatic carbocycles. The maximum atomic E-state index is 12.9. The first-order valence-corrected chi connectivity index (χ1v) is 7.63. The summed E-state index contributed by atoms with van der Waals surface area (Å²) < 4.78 is 12.9. The number of nitrogens with one attached hydrogen (secondary N) is 2. The number of halogens is 1. The molecular formula is C18H20FN3O2. The van der Waals surface area contributed by atoms with Crippen LogP contribution < -0.4 is 16.4 Å². The third-order valence-corrected chi connectivity index (χ3v) is 3.44. The molecule has 2 rings (SSSR count). The number of rotatable bonds is 6. The summed E-state index contributed by atoms with van der Waals surface area (Å²) in [6.07, 6.45) is 0.379. The Morgan fingerprint density at radius 2 is 1.75 bits per heavy atom. The summed E-state index contributed by atoms with van der Waals surface area (Å²) in [4.78, 5) is 23.7. The second kappa shape index (κ2) is 8.21. The molecular weight excluding hydrogens is 309 g/mol. The zero-order chi connectivity index (χ0) is 17.5. The topological polar surface area (TPSA) is 84.2 Å². The maximum absolute atomic E-state index is 12.9. The van der Waals surface area contributed by atoms with Gasteiger partial charge in [-0.1, -0.05) is 18.2 Å². The highest BCUT2D eigenvalue weighted by atomic mass is 19.1. The van der Waals surface area contributed by atoms with Crippen LogP contribution in [0.15, 0.2) is 42.5 Å². The van der Waals surface area contributed by atoms with E-state index >= 15 is 0 Å². The Kier molecular flexibility index (Phi) is 6.03. The van der Waals surface area contributed by atoms with Crippen molar-refractivity contribution in [3.05, 3.63) is 59.4 Å². The van der Waals surface area contributed by atoms with E-state index in [1.165, 1.54) is 12.1 Å². The van der Waals surface area contributed by atoms with Gasteiger partial charge in [0.1, 0.15) is 5.82 Å². The minimum Gasteiger partial charge on any atom is -0.330 e. The van der Waals surface area contributed by atoms with Crippen molar-refractivity contribution in [2.24, 2.45) is 5.73 Å². The first-order chi connectivity index (χ1) is 11.5. The van der Waals surface area contributed by atoms with Gasteiger partial charge in [-0.2, -0.15) is 0 Å². The second-order valence-corrected chi connectivity index (χ2v) is 5.47. The Hall–Kier alpha value is -2.73. The van der Waals surface area contributed by atoms with Crippen LogP contribution in [0.25, 0.3) is 0 Å². The number of hydrogen-bond donors (Lipinski definition) is 3. The molecule has 126 valence electrons. The lowest BCUT2D eigenvalue weighted by molar-refractivity contribution is -0.116. The van der Waals surface area contributed by atoms with Crippen molar-refractivity contribution in [3.8, 4) is 0 Å². The number of nitrogens with two attached hydrogens (primary N) is 1. The fourth-order valence-corrected chi connectivity index (χ4v) is 2.17. The smallest absolute Gasteiger partial charge is 0.228 e. The third-order valence-electron chi connectivity index (χ3n) is 3.44. The van der Waals surface area contributed by atoms with Crippen molar-refractivity contribution in [1.29, 1.82) is 0 Å². The molecule has 24 heavy (non-hydrogen) atoms. The molecule has 2 aromatic carbocycles. The van der Waals surface area contributed by atoms with Crippen LogP contribution in [0.3, 0.4) is 0 Å². The lowest BCUT2D eigenvalue weighted by atomic mass is 10.1. The largest absolute Gasteiger partial charge is 0.330 e. The summed E-state index contributed by atoms with van der Waals surface area (Å²) >= 11 is 0. The molecule has 0 aliphatic rings. The Labute approximate surface area is 140 Å². The van der Waals surface area contributed by atoms with Crippen LogP contribution in [0.5, 0.6) is 0 Å². The van der Waals surface area contributed by atoms with E-state index in [1.54, 1.807) is 24.3 Å². The zero-order valence-corrected chi connectivity index (χ0v) is 13.4. The van der Waals surface area contributed by atoms with Crippen LogP contribution in [0.4, 0.5) is 15.8 Å². The van der Waals surface area contributed by atoms with Crippen molar-refractivity contribution >= 4 is 23.2 Å². The van der Waals surface area contributed by atoms with E-state index in [9.17, 15) is 14.0 Å². The summed E-state index contributed by atoms with van der Waals surface area (Å²) in [5, 5.41) is 5.54. The first-order valence-electron chi connectivity index (χ1n) is 7.63. The number of amides is 2. The van der Waals surface area contributed by atoms with Crippen molar-refractivity contribution in [1.82, 2.24) is 0 Å². The molecule has 0 aliphatic heterocycles. The van der Waals surface area contributed by atoms with Gasteiger partial charge in [0.05, 0.1) is 6.42 Å². The van der Waals surface area contributed by atoms with Gasteiger partial charge in [0.15, 0.2) is 0 Å². The lowest BCUT2D eigenvalue weighted by Crippen LogP contribution is -2.17. The molecule has 0 aromatic heterocycles. The van der Waals surface area contributed by atoms with E-state index < -0.39 is 0 Å². The molecule has 0 heterocycles. The molecule has 0 saturated carbocycles. The Bertz CT molecular complexity index is 730. The van der Waals surface area contributed by atoms with Crippen LogP contribution >= 0.6 is 0 Å². The number of carbonyl (C=O) groups is 2. The summed E-state index contributed by atoms with van der Waals surface area (Å²) in [5.74, 6) is -0.726. The van der Waals surface area contributed by atoms with E-state index in [4.69, 9.17) is 5.73 Å². The van der Waals surface area contributed by atoms with E-state index in [-0.39, 0.29) is 37.0 Å². The number of aryl methyl sites for hydroxylation is 1. The molecule has 0 fully saturated rings. The average molecular weight is 329 g/mol. The SMILES string of the molecule is Cc1ccc(NC(=O)CCN)cc1NC(=O)Cc1ccc(F)cc1. The summed E-state index contributed by atoms with van der Waals surface area (Å²) in [6.45, 7) is 2.14. The predicted molar refractivity (Wildman–Crippen MR) is 92.2 cm³/mol.